The van der Waals surface area contributed by atoms with E-state index in [1.165, 1.54) is 6.42 Å². The second-order valence-electron chi connectivity index (χ2n) is 4.78. The van der Waals surface area contributed by atoms with Gasteiger partial charge in [-0.2, -0.15) is 9.97 Å². The molecule has 1 saturated heterocycles. The predicted molar refractivity (Wildman–Crippen MR) is 63.5 cm³/mol. The van der Waals surface area contributed by atoms with Crippen LogP contribution in [0.4, 0.5) is 5.82 Å². The van der Waals surface area contributed by atoms with E-state index in [2.05, 4.69) is 14.9 Å². The van der Waals surface area contributed by atoms with Crippen molar-refractivity contribution in [3.05, 3.63) is 5.69 Å². The zero-order valence-corrected chi connectivity index (χ0v) is 10.0. The molecule has 0 radical (unpaired) electrons. The molecular weight excluding hydrogens is 218 g/mol. The summed E-state index contributed by atoms with van der Waals surface area (Å²) in [5, 5.41) is 9.94. The quantitative estimate of drug-likeness (QED) is 0.863. The first-order valence-corrected chi connectivity index (χ1v) is 6.23. The lowest BCUT2D eigenvalue weighted by atomic mass is 9.96. The van der Waals surface area contributed by atoms with Gasteiger partial charge in [-0.05, 0) is 32.6 Å². The third-order valence-corrected chi connectivity index (χ3v) is 3.50. The molecule has 92 valence electrons. The smallest absolute Gasteiger partial charge is 0.319 e. The number of hydrogen-bond donors (Lipinski definition) is 1. The zero-order valence-electron chi connectivity index (χ0n) is 10.0. The zero-order chi connectivity index (χ0) is 11.8. The normalized spacial score (nSPS) is 19.7. The lowest BCUT2D eigenvalue weighted by Gasteiger charge is -2.33. The molecule has 0 spiro atoms. The average Bonchev–Trinajstić information content (AvgIpc) is 2.16. The number of aryl methyl sites for hydroxylation is 1. The summed E-state index contributed by atoms with van der Waals surface area (Å²) in [5.74, 6) is 0.809. The Balaban J connectivity index is 1.85. The molecule has 1 aromatic heterocycles. The second kappa shape index (κ2) is 4.05. The van der Waals surface area contributed by atoms with Crippen LogP contribution in [0.1, 0.15) is 31.4 Å². The van der Waals surface area contributed by atoms with E-state index in [1.807, 2.05) is 0 Å². The third kappa shape index (κ3) is 1.90. The van der Waals surface area contributed by atoms with Gasteiger partial charge < -0.3 is 14.7 Å². The largest absolute Gasteiger partial charge is 0.503 e. The molecule has 2 aliphatic rings. The van der Waals surface area contributed by atoms with Crippen LogP contribution in [0.3, 0.4) is 0 Å². The Morgan fingerprint density at radius 1 is 1.24 bits per heavy atom. The van der Waals surface area contributed by atoms with Crippen molar-refractivity contribution in [2.45, 2.75) is 38.7 Å². The first kappa shape index (κ1) is 10.6. The van der Waals surface area contributed by atoms with Crippen LogP contribution >= 0.6 is 0 Å². The molecule has 0 aromatic carbocycles. The molecule has 1 aromatic rings. The van der Waals surface area contributed by atoms with Crippen LogP contribution in [-0.4, -0.2) is 34.3 Å². The summed E-state index contributed by atoms with van der Waals surface area (Å²) < 4.78 is 5.69. The maximum absolute atomic E-state index is 9.94. The van der Waals surface area contributed by atoms with E-state index in [9.17, 15) is 5.11 Å². The Hall–Kier alpha value is -1.52. The van der Waals surface area contributed by atoms with Gasteiger partial charge in [-0.3, -0.25) is 0 Å². The number of aromatic nitrogens is 2. The number of anilines is 1. The first-order valence-electron chi connectivity index (χ1n) is 6.23. The van der Waals surface area contributed by atoms with Crippen LogP contribution in [0, 0.1) is 6.92 Å². The molecule has 17 heavy (non-hydrogen) atoms. The lowest BCUT2D eigenvalue weighted by Crippen LogP contribution is -2.38. The number of aromatic hydroxyl groups is 1. The van der Waals surface area contributed by atoms with E-state index >= 15 is 0 Å². The summed E-state index contributed by atoms with van der Waals surface area (Å²) >= 11 is 0. The van der Waals surface area contributed by atoms with Crippen molar-refractivity contribution >= 4 is 5.82 Å². The van der Waals surface area contributed by atoms with Gasteiger partial charge in [0.25, 0.3) is 0 Å². The Morgan fingerprint density at radius 3 is 2.53 bits per heavy atom. The predicted octanol–water partition coefficient (Wildman–Crippen LogP) is 1.63. The fourth-order valence-electron chi connectivity index (χ4n) is 1.97. The van der Waals surface area contributed by atoms with E-state index in [4.69, 9.17) is 4.74 Å². The molecule has 2 fully saturated rings. The van der Waals surface area contributed by atoms with Crippen molar-refractivity contribution in [3.63, 3.8) is 0 Å². The minimum atomic E-state index is 0.186. The fraction of sp³-hybridized carbons (Fsp3) is 0.667. The van der Waals surface area contributed by atoms with Gasteiger partial charge in [-0.15, -0.1) is 0 Å². The summed E-state index contributed by atoms with van der Waals surface area (Å²) in [4.78, 5) is 10.6. The van der Waals surface area contributed by atoms with Crippen molar-refractivity contribution < 1.29 is 9.84 Å². The fourth-order valence-corrected chi connectivity index (χ4v) is 1.97. The molecular formula is C12H17N3O2. The van der Waals surface area contributed by atoms with E-state index in [0.717, 1.165) is 32.4 Å². The minimum absolute atomic E-state index is 0.186. The summed E-state index contributed by atoms with van der Waals surface area (Å²) in [5.41, 5.74) is 0.594. The highest BCUT2D eigenvalue weighted by atomic mass is 16.5. The highest BCUT2D eigenvalue weighted by molar-refractivity contribution is 5.55. The van der Waals surface area contributed by atoms with Crippen molar-refractivity contribution in [2.24, 2.45) is 0 Å². The number of rotatable bonds is 3. The lowest BCUT2D eigenvalue weighted by molar-refractivity contribution is 0.108. The van der Waals surface area contributed by atoms with Gasteiger partial charge in [0.1, 0.15) is 6.10 Å². The molecule has 0 amide bonds. The maximum atomic E-state index is 9.94. The van der Waals surface area contributed by atoms with Gasteiger partial charge in [-0.1, -0.05) is 0 Å². The maximum Gasteiger partial charge on any atom is 0.319 e. The van der Waals surface area contributed by atoms with Crippen LogP contribution in [0.25, 0.3) is 0 Å². The number of hydrogen-bond acceptors (Lipinski definition) is 5. The molecule has 1 N–H and O–H groups in total. The number of nitrogens with zero attached hydrogens (tertiary/aromatic N) is 3. The van der Waals surface area contributed by atoms with Crippen molar-refractivity contribution in [3.8, 4) is 11.8 Å². The highest BCUT2D eigenvalue weighted by Gasteiger charge is 2.25. The molecule has 1 aliphatic carbocycles. The van der Waals surface area contributed by atoms with Gasteiger partial charge in [-0.25, -0.2) is 0 Å². The summed E-state index contributed by atoms with van der Waals surface area (Å²) in [6.45, 7) is 3.69. The monoisotopic (exact) mass is 235 g/mol. The van der Waals surface area contributed by atoms with Crippen LogP contribution < -0.4 is 9.64 Å². The molecule has 5 heteroatoms. The van der Waals surface area contributed by atoms with E-state index in [-0.39, 0.29) is 11.9 Å². The van der Waals surface area contributed by atoms with Gasteiger partial charge in [0.2, 0.25) is 0 Å². The van der Waals surface area contributed by atoms with E-state index in [0.29, 0.717) is 17.5 Å². The van der Waals surface area contributed by atoms with Gasteiger partial charge in [0, 0.05) is 13.1 Å². The molecule has 5 nitrogen and oxygen atoms in total. The van der Waals surface area contributed by atoms with E-state index < -0.39 is 0 Å². The van der Waals surface area contributed by atoms with Crippen molar-refractivity contribution in [1.29, 1.82) is 0 Å². The molecule has 0 atom stereocenters. The second-order valence-corrected chi connectivity index (χ2v) is 4.78. The minimum Gasteiger partial charge on any atom is -0.503 e. The number of ether oxygens (including phenoxy) is 1. The summed E-state index contributed by atoms with van der Waals surface area (Å²) in [6.07, 6.45) is 4.82. The first-order chi connectivity index (χ1) is 8.24. The molecule has 2 heterocycles. The summed E-state index contributed by atoms with van der Waals surface area (Å²) in [7, 11) is 0. The SMILES string of the molecule is Cc1nc(OC2CCC2)nc(N2CCC2)c1O. The van der Waals surface area contributed by atoms with Crippen LogP contribution in [-0.2, 0) is 0 Å². The van der Waals surface area contributed by atoms with Crippen LogP contribution in [0.2, 0.25) is 0 Å². The molecule has 1 aliphatic heterocycles. The van der Waals surface area contributed by atoms with Gasteiger partial charge >= 0.3 is 6.01 Å². The Morgan fingerprint density at radius 2 is 2.00 bits per heavy atom. The van der Waals surface area contributed by atoms with Gasteiger partial charge in [0.15, 0.2) is 11.6 Å². The highest BCUT2D eigenvalue weighted by Crippen LogP contribution is 2.33. The van der Waals surface area contributed by atoms with Crippen LogP contribution in [0.5, 0.6) is 11.8 Å². The summed E-state index contributed by atoms with van der Waals surface area (Å²) in [6, 6.07) is 0.409. The Labute approximate surface area is 100 Å². The topological polar surface area (TPSA) is 58.5 Å². The standard InChI is InChI=1S/C12H17N3O2/c1-8-10(16)11(15-6-3-7-15)14-12(13-8)17-9-4-2-5-9/h9,16H,2-7H2,1H3. The van der Waals surface area contributed by atoms with Crippen LogP contribution in [0.15, 0.2) is 0 Å². The van der Waals surface area contributed by atoms with Crippen molar-refractivity contribution in [1.82, 2.24) is 9.97 Å². The van der Waals surface area contributed by atoms with Crippen molar-refractivity contribution in [2.75, 3.05) is 18.0 Å². The molecule has 0 unspecified atom stereocenters. The average molecular weight is 235 g/mol. The van der Waals surface area contributed by atoms with Gasteiger partial charge in [0.05, 0.1) is 5.69 Å². The Bertz CT molecular complexity index is 428. The molecule has 3 rings (SSSR count). The molecule has 0 bridgehead atoms. The third-order valence-electron chi connectivity index (χ3n) is 3.50. The Kier molecular flexibility index (Phi) is 2.53. The molecule has 1 saturated carbocycles. The van der Waals surface area contributed by atoms with E-state index in [1.54, 1.807) is 6.92 Å².